The highest BCUT2D eigenvalue weighted by molar-refractivity contribution is 6.33. The number of para-hydroxylation sites is 1. The SMILES string of the molecule is Cc1cccc(Cl)c1Nc1cc([N+](=O)[O-])ccc1C(=O)O. The number of nitro benzene ring substituents is 1. The number of halogens is 1. The first kappa shape index (κ1) is 14.8. The first-order valence-electron chi connectivity index (χ1n) is 5.94. The van der Waals surface area contributed by atoms with Crippen LogP contribution in [0.2, 0.25) is 5.02 Å². The maximum atomic E-state index is 11.2. The van der Waals surface area contributed by atoms with Crippen molar-refractivity contribution in [3.63, 3.8) is 0 Å². The second kappa shape index (κ2) is 5.80. The van der Waals surface area contributed by atoms with Crippen molar-refractivity contribution >= 4 is 34.6 Å². The molecule has 2 N–H and O–H groups in total. The topological polar surface area (TPSA) is 92.5 Å². The van der Waals surface area contributed by atoms with E-state index in [1.807, 2.05) is 0 Å². The summed E-state index contributed by atoms with van der Waals surface area (Å²) in [6.07, 6.45) is 0. The largest absolute Gasteiger partial charge is 0.478 e. The molecule has 0 saturated heterocycles. The molecule has 2 aromatic rings. The van der Waals surface area contributed by atoms with Crippen LogP contribution < -0.4 is 5.32 Å². The molecule has 0 spiro atoms. The molecule has 7 heteroatoms. The minimum Gasteiger partial charge on any atom is -0.478 e. The second-order valence-electron chi connectivity index (χ2n) is 4.35. The molecule has 0 bridgehead atoms. The molecule has 0 atom stereocenters. The third-order valence-corrected chi connectivity index (χ3v) is 3.24. The molecule has 0 radical (unpaired) electrons. The van der Waals surface area contributed by atoms with Crippen LogP contribution in [0.3, 0.4) is 0 Å². The van der Waals surface area contributed by atoms with Crippen molar-refractivity contribution in [2.24, 2.45) is 0 Å². The summed E-state index contributed by atoms with van der Waals surface area (Å²) in [5, 5.41) is 23.3. The third kappa shape index (κ3) is 3.11. The number of hydrogen-bond acceptors (Lipinski definition) is 4. The lowest BCUT2D eigenvalue weighted by Gasteiger charge is -2.13. The van der Waals surface area contributed by atoms with E-state index in [2.05, 4.69) is 5.32 Å². The van der Waals surface area contributed by atoms with Crippen LogP contribution in [0.25, 0.3) is 0 Å². The Morgan fingerprint density at radius 1 is 1.33 bits per heavy atom. The average molecular weight is 307 g/mol. The summed E-state index contributed by atoms with van der Waals surface area (Å²) < 4.78 is 0. The number of nitrogens with zero attached hydrogens (tertiary/aromatic N) is 1. The number of nitro groups is 1. The summed E-state index contributed by atoms with van der Waals surface area (Å²) in [6, 6.07) is 8.71. The smallest absolute Gasteiger partial charge is 0.337 e. The summed E-state index contributed by atoms with van der Waals surface area (Å²) in [5.74, 6) is -1.18. The van der Waals surface area contributed by atoms with Crippen molar-refractivity contribution in [3.05, 3.63) is 62.7 Å². The van der Waals surface area contributed by atoms with Gasteiger partial charge in [-0.3, -0.25) is 10.1 Å². The van der Waals surface area contributed by atoms with Crippen molar-refractivity contribution in [1.29, 1.82) is 0 Å². The van der Waals surface area contributed by atoms with Crippen LogP contribution in [0.1, 0.15) is 15.9 Å². The fraction of sp³-hybridized carbons (Fsp3) is 0.0714. The molecule has 21 heavy (non-hydrogen) atoms. The Kier molecular flexibility index (Phi) is 4.09. The van der Waals surface area contributed by atoms with E-state index in [9.17, 15) is 14.9 Å². The minimum absolute atomic E-state index is 0.0695. The van der Waals surface area contributed by atoms with E-state index in [4.69, 9.17) is 16.7 Å². The van der Waals surface area contributed by atoms with Crippen molar-refractivity contribution in [2.75, 3.05) is 5.32 Å². The minimum atomic E-state index is -1.18. The maximum absolute atomic E-state index is 11.2. The second-order valence-corrected chi connectivity index (χ2v) is 4.76. The predicted molar refractivity (Wildman–Crippen MR) is 79.5 cm³/mol. The Bertz CT molecular complexity index is 711. The summed E-state index contributed by atoms with van der Waals surface area (Å²) >= 11 is 6.07. The molecule has 0 aliphatic rings. The third-order valence-electron chi connectivity index (χ3n) is 2.93. The van der Waals surface area contributed by atoms with Gasteiger partial charge in [-0.1, -0.05) is 23.7 Å². The molecular weight excluding hydrogens is 296 g/mol. The van der Waals surface area contributed by atoms with Crippen molar-refractivity contribution in [1.82, 2.24) is 0 Å². The normalized spacial score (nSPS) is 10.2. The van der Waals surface area contributed by atoms with Crippen molar-refractivity contribution in [2.45, 2.75) is 6.92 Å². The lowest BCUT2D eigenvalue weighted by molar-refractivity contribution is -0.384. The van der Waals surface area contributed by atoms with E-state index in [0.717, 1.165) is 11.6 Å². The zero-order chi connectivity index (χ0) is 15.6. The van der Waals surface area contributed by atoms with E-state index in [1.165, 1.54) is 12.1 Å². The van der Waals surface area contributed by atoms with Gasteiger partial charge in [-0.25, -0.2) is 4.79 Å². The first-order valence-corrected chi connectivity index (χ1v) is 6.32. The standard InChI is InChI=1S/C14H11ClN2O4/c1-8-3-2-4-11(15)13(8)16-12-7-9(17(20)21)5-6-10(12)14(18)19/h2-7,16H,1H3,(H,18,19). The quantitative estimate of drug-likeness (QED) is 0.658. The zero-order valence-electron chi connectivity index (χ0n) is 11.0. The highest BCUT2D eigenvalue weighted by Crippen LogP contribution is 2.32. The Balaban J connectivity index is 2.53. The number of anilines is 2. The van der Waals surface area contributed by atoms with E-state index in [-0.39, 0.29) is 16.9 Å². The Labute approximate surface area is 125 Å². The first-order chi connectivity index (χ1) is 9.90. The van der Waals surface area contributed by atoms with Crippen molar-refractivity contribution < 1.29 is 14.8 Å². The number of hydrogen-bond donors (Lipinski definition) is 2. The van der Waals surface area contributed by atoms with Gasteiger partial charge in [0.1, 0.15) is 0 Å². The lowest BCUT2D eigenvalue weighted by atomic mass is 10.1. The fourth-order valence-electron chi connectivity index (χ4n) is 1.86. The van der Waals surface area contributed by atoms with Gasteiger partial charge in [0.2, 0.25) is 0 Å². The summed E-state index contributed by atoms with van der Waals surface area (Å²) in [5.41, 5.74) is 1.16. The zero-order valence-corrected chi connectivity index (χ0v) is 11.7. The highest BCUT2D eigenvalue weighted by Gasteiger charge is 2.16. The number of aromatic carboxylic acids is 1. The number of benzene rings is 2. The predicted octanol–water partition coefficient (Wildman–Crippen LogP) is 4.00. The molecule has 2 aromatic carbocycles. The van der Waals surface area contributed by atoms with Crippen LogP contribution in [0.15, 0.2) is 36.4 Å². The Morgan fingerprint density at radius 3 is 2.62 bits per heavy atom. The maximum Gasteiger partial charge on any atom is 0.337 e. The molecule has 2 rings (SSSR count). The Morgan fingerprint density at radius 2 is 2.05 bits per heavy atom. The average Bonchev–Trinajstić information content (AvgIpc) is 2.42. The van der Waals surface area contributed by atoms with Crippen LogP contribution in [0, 0.1) is 17.0 Å². The van der Waals surface area contributed by atoms with Gasteiger partial charge in [0, 0.05) is 12.1 Å². The van der Waals surface area contributed by atoms with Crippen LogP contribution in [-0.4, -0.2) is 16.0 Å². The summed E-state index contributed by atoms with van der Waals surface area (Å²) in [7, 11) is 0. The molecule has 0 heterocycles. The van der Waals surface area contributed by atoms with E-state index >= 15 is 0 Å². The molecule has 0 amide bonds. The number of carboxylic acid groups (broad SMARTS) is 1. The molecule has 0 saturated carbocycles. The van der Waals surface area contributed by atoms with Crippen LogP contribution in [0.5, 0.6) is 0 Å². The number of carbonyl (C=O) groups is 1. The van der Waals surface area contributed by atoms with Gasteiger partial charge in [-0.2, -0.15) is 0 Å². The number of nitrogens with one attached hydrogen (secondary N) is 1. The number of rotatable bonds is 4. The molecule has 0 aromatic heterocycles. The number of non-ortho nitro benzene ring substituents is 1. The van der Waals surface area contributed by atoms with Gasteiger partial charge in [-0.15, -0.1) is 0 Å². The molecule has 0 aliphatic heterocycles. The van der Waals surface area contributed by atoms with Crippen molar-refractivity contribution in [3.8, 4) is 0 Å². The van der Waals surface area contributed by atoms with Gasteiger partial charge in [0.15, 0.2) is 0 Å². The summed E-state index contributed by atoms with van der Waals surface area (Å²) in [4.78, 5) is 21.5. The van der Waals surface area contributed by atoms with Gasteiger partial charge in [-0.05, 0) is 24.6 Å². The van der Waals surface area contributed by atoms with E-state index in [0.29, 0.717) is 10.7 Å². The van der Waals surface area contributed by atoms with Gasteiger partial charge >= 0.3 is 5.97 Å². The molecular formula is C14H11ClN2O4. The molecule has 0 unspecified atom stereocenters. The van der Waals surface area contributed by atoms with Crippen LogP contribution >= 0.6 is 11.6 Å². The van der Waals surface area contributed by atoms with Crippen LogP contribution in [-0.2, 0) is 0 Å². The van der Waals surface area contributed by atoms with Crippen LogP contribution in [0.4, 0.5) is 17.1 Å². The highest BCUT2D eigenvalue weighted by atomic mass is 35.5. The lowest BCUT2D eigenvalue weighted by Crippen LogP contribution is -2.04. The fourth-order valence-corrected chi connectivity index (χ4v) is 2.13. The van der Waals surface area contributed by atoms with Gasteiger partial charge in [0.05, 0.1) is 26.9 Å². The molecule has 108 valence electrons. The Hall–Kier alpha value is -2.60. The summed E-state index contributed by atoms with van der Waals surface area (Å²) in [6.45, 7) is 1.80. The van der Waals surface area contributed by atoms with Gasteiger partial charge in [0.25, 0.3) is 5.69 Å². The number of carboxylic acids is 1. The van der Waals surface area contributed by atoms with E-state index < -0.39 is 10.9 Å². The molecule has 0 fully saturated rings. The molecule has 6 nitrogen and oxygen atoms in total. The van der Waals surface area contributed by atoms with Gasteiger partial charge < -0.3 is 10.4 Å². The number of aryl methyl sites for hydroxylation is 1. The monoisotopic (exact) mass is 306 g/mol. The molecule has 0 aliphatic carbocycles. The van der Waals surface area contributed by atoms with E-state index in [1.54, 1.807) is 25.1 Å².